The number of sulfonamides is 1. The third kappa shape index (κ3) is 2.58. The summed E-state index contributed by atoms with van der Waals surface area (Å²) in [6, 6.07) is 4.03. The standard InChI is InChI=1S/C17H24FNO2S/c1-12-5-6-13(18)7-15(12)22(20,21)19-11-17(4)9-14(19)8-16(2,3)10-17/h5-7,14H,8-11H2,1-4H3. The van der Waals surface area contributed by atoms with Crippen molar-refractivity contribution < 1.29 is 12.8 Å². The van der Waals surface area contributed by atoms with E-state index < -0.39 is 15.8 Å². The fourth-order valence-electron chi connectivity index (χ4n) is 4.67. The summed E-state index contributed by atoms with van der Waals surface area (Å²) in [4.78, 5) is 0.112. The zero-order valence-corrected chi connectivity index (χ0v) is 14.5. The third-order valence-electron chi connectivity index (χ3n) is 5.10. The molecule has 1 saturated heterocycles. The maximum absolute atomic E-state index is 13.5. The van der Waals surface area contributed by atoms with Gasteiger partial charge < -0.3 is 0 Å². The minimum atomic E-state index is -3.64. The van der Waals surface area contributed by atoms with Crippen LogP contribution in [0.15, 0.2) is 23.1 Å². The molecule has 2 aliphatic rings. The molecule has 0 amide bonds. The second-order valence-electron chi connectivity index (χ2n) is 8.17. The zero-order valence-electron chi connectivity index (χ0n) is 13.7. The van der Waals surface area contributed by atoms with Crippen LogP contribution < -0.4 is 0 Å². The first-order valence-corrected chi connectivity index (χ1v) is 9.25. The maximum Gasteiger partial charge on any atom is 0.243 e. The molecule has 1 aliphatic carbocycles. The molecule has 2 bridgehead atoms. The number of nitrogens with zero attached hydrogens (tertiary/aromatic N) is 1. The van der Waals surface area contributed by atoms with E-state index >= 15 is 0 Å². The molecule has 3 nitrogen and oxygen atoms in total. The average Bonchev–Trinajstić information content (AvgIpc) is 2.62. The van der Waals surface area contributed by atoms with E-state index in [-0.39, 0.29) is 21.8 Å². The highest BCUT2D eigenvalue weighted by Gasteiger charge is 2.53. The van der Waals surface area contributed by atoms with Crippen molar-refractivity contribution in [1.29, 1.82) is 0 Å². The van der Waals surface area contributed by atoms with Crippen LogP contribution >= 0.6 is 0 Å². The van der Waals surface area contributed by atoms with Gasteiger partial charge in [0.25, 0.3) is 0 Å². The first-order valence-electron chi connectivity index (χ1n) is 7.81. The second-order valence-corrected chi connectivity index (χ2v) is 10.0. The first kappa shape index (κ1) is 15.9. The van der Waals surface area contributed by atoms with E-state index in [1.807, 2.05) is 0 Å². The van der Waals surface area contributed by atoms with Crippen LogP contribution in [-0.4, -0.2) is 25.3 Å². The number of fused-ring (bicyclic) bond motifs is 2. The van der Waals surface area contributed by atoms with Crippen molar-refractivity contribution in [3.63, 3.8) is 0 Å². The van der Waals surface area contributed by atoms with Crippen molar-refractivity contribution in [2.45, 2.75) is 57.9 Å². The van der Waals surface area contributed by atoms with Gasteiger partial charge in [0.1, 0.15) is 5.82 Å². The van der Waals surface area contributed by atoms with Gasteiger partial charge in [-0.15, -0.1) is 0 Å². The van der Waals surface area contributed by atoms with E-state index in [1.54, 1.807) is 11.2 Å². The molecule has 2 unspecified atom stereocenters. The topological polar surface area (TPSA) is 37.4 Å². The Morgan fingerprint density at radius 3 is 2.59 bits per heavy atom. The Morgan fingerprint density at radius 1 is 1.23 bits per heavy atom. The van der Waals surface area contributed by atoms with Gasteiger partial charge in [0, 0.05) is 12.6 Å². The predicted octanol–water partition coefficient (Wildman–Crippen LogP) is 3.72. The summed E-state index contributed by atoms with van der Waals surface area (Å²) in [5.41, 5.74) is 0.784. The first-order chi connectivity index (χ1) is 10.0. The molecule has 1 saturated carbocycles. The normalized spacial score (nSPS) is 31.4. The van der Waals surface area contributed by atoms with Crippen molar-refractivity contribution in [1.82, 2.24) is 4.31 Å². The number of halogens is 1. The lowest BCUT2D eigenvalue weighted by molar-refractivity contribution is 0.133. The van der Waals surface area contributed by atoms with Crippen LogP contribution in [0.5, 0.6) is 0 Å². The summed E-state index contributed by atoms with van der Waals surface area (Å²) >= 11 is 0. The van der Waals surface area contributed by atoms with Crippen molar-refractivity contribution in [2.75, 3.05) is 6.54 Å². The molecule has 0 N–H and O–H groups in total. The fraction of sp³-hybridized carbons (Fsp3) is 0.647. The van der Waals surface area contributed by atoms with Crippen LogP contribution in [0.4, 0.5) is 4.39 Å². The number of hydrogen-bond acceptors (Lipinski definition) is 2. The van der Waals surface area contributed by atoms with Crippen LogP contribution in [-0.2, 0) is 10.0 Å². The minimum absolute atomic E-state index is 0.0285. The van der Waals surface area contributed by atoms with E-state index in [1.165, 1.54) is 12.1 Å². The summed E-state index contributed by atoms with van der Waals surface area (Å²) in [5.74, 6) is -0.502. The van der Waals surface area contributed by atoms with Crippen LogP contribution in [0.3, 0.4) is 0 Å². The van der Waals surface area contributed by atoms with Crippen molar-refractivity contribution in [2.24, 2.45) is 10.8 Å². The third-order valence-corrected chi connectivity index (χ3v) is 7.14. The molecule has 122 valence electrons. The molecular formula is C17H24FNO2S. The Morgan fingerprint density at radius 2 is 1.91 bits per heavy atom. The second kappa shape index (κ2) is 4.78. The molecule has 1 aliphatic heterocycles. The van der Waals surface area contributed by atoms with Gasteiger partial charge in [0.05, 0.1) is 4.90 Å². The molecule has 0 aromatic heterocycles. The van der Waals surface area contributed by atoms with Gasteiger partial charge >= 0.3 is 0 Å². The largest absolute Gasteiger partial charge is 0.243 e. The van der Waals surface area contributed by atoms with Crippen molar-refractivity contribution >= 4 is 10.0 Å². The molecule has 5 heteroatoms. The summed E-state index contributed by atoms with van der Waals surface area (Å²) in [7, 11) is -3.64. The molecule has 2 atom stereocenters. The van der Waals surface area contributed by atoms with Gasteiger partial charge in [-0.2, -0.15) is 4.31 Å². The van der Waals surface area contributed by atoms with Crippen LogP contribution in [0.1, 0.15) is 45.6 Å². The molecule has 1 heterocycles. The van der Waals surface area contributed by atoms with Gasteiger partial charge in [-0.3, -0.25) is 0 Å². The highest BCUT2D eigenvalue weighted by Crippen LogP contribution is 2.53. The van der Waals surface area contributed by atoms with Crippen LogP contribution in [0.2, 0.25) is 0 Å². The Bertz CT molecular complexity index is 713. The Balaban J connectivity index is 2.02. The lowest BCUT2D eigenvalue weighted by Crippen LogP contribution is -2.38. The Labute approximate surface area is 132 Å². The lowest BCUT2D eigenvalue weighted by Gasteiger charge is -2.39. The number of benzene rings is 1. The highest BCUT2D eigenvalue weighted by atomic mass is 32.2. The van der Waals surface area contributed by atoms with E-state index in [2.05, 4.69) is 20.8 Å². The molecule has 1 aromatic rings. The predicted molar refractivity (Wildman–Crippen MR) is 84.6 cm³/mol. The molecule has 2 fully saturated rings. The molecule has 22 heavy (non-hydrogen) atoms. The van der Waals surface area contributed by atoms with Crippen LogP contribution in [0.25, 0.3) is 0 Å². The number of hydrogen-bond donors (Lipinski definition) is 0. The van der Waals surface area contributed by atoms with Gasteiger partial charge in [-0.05, 0) is 54.7 Å². The number of rotatable bonds is 2. The summed E-state index contributed by atoms with van der Waals surface area (Å²) < 4.78 is 41.3. The summed E-state index contributed by atoms with van der Waals surface area (Å²) in [6.45, 7) is 8.86. The van der Waals surface area contributed by atoms with Gasteiger partial charge in [-0.25, -0.2) is 12.8 Å². The van der Waals surface area contributed by atoms with E-state index in [9.17, 15) is 12.8 Å². The lowest BCUT2D eigenvalue weighted by atomic mass is 9.65. The Kier molecular flexibility index (Phi) is 3.46. The molecule has 1 aromatic carbocycles. The van der Waals surface area contributed by atoms with Gasteiger partial charge in [-0.1, -0.05) is 26.8 Å². The smallest absolute Gasteiger partial charge is 0.207 e. The van der Waals surface area contributed by atoms with Crippen molar-refractivity contribution in [3.8, 4) is 0 Å². The zero-order chi connectivity index (χ0) is 16.3. The highest BCUT2D eigenvalue weighted by molar-refractivity contribution is 7.89. The van der Waals surface area contributed by atoms with Gasteiger partial charge in [0.15, 0.2) is 0 Å². The summed E-state index contributed by atoms with van der Waals surface area (Å²) in [5, 5.41) is 0. The monoisotopic (exact) mass is 325 g/mol. The quantitative estimate of drug-likeness (QED) is 0.831. The SMILES string of the molecule is Cc1ccc(F)cc1S(=O)(=O)N1CC2(C)CC1CC(C)(C)C2. The van der Waals surface area contributed by atoms with Crippen LogP contribution in [0, 0.1) is 23.6 Å². The van der Waals surface area contributed by atoms with E-state index in [4.69, 9.17) is 0 Å². The van der Waals surface area contributed by atoms with E-state index in [0.717, 1.165) is 25.3 Å². The fourth-order valence-corrected chi connectivity index (χ4v) is 6.68. The van der Waals surface area contributed by atoms with Gasteiger partial charge in [0.2, 0.25) is 10.0 Å². The Hall–Kier alpha value is -0.940. The minimum Gasteiger partial charge on any atom is -0.207 e. The molecule has 0 spiro atoms. The molecular weight excluding hydrogens is 301 g/mol. The van der Waals surface area contributed by atoms with Crippen molar-refractivity contribution in [3.05, 3.63) is 29.6 Å². The molecule has 0 radical (unpaired) electrons. The summed E-state index contributed by atoms with van der Waals surface area (Å²) in [6.07, 6.45) is 2.81. The van der Waals surface area contributed by atoms with E-state index in [0.29, 0.717) is 12.1 Å². The average molecular weight is 325 g/mol. The maximum atomic E-state index is 13.5. The molecule has 3 rings (SSSR count). The number of aryl methyl sites for hydroxylation is 1.